The van der Waals surface area contributed by atoms with Crippen LogP contribution in [0.4, 0.5) is 0 Å². The molecule has 3 nitrogen and oxygen atoms in total. The zero-order chi connectivity index (χ0) is 4.62. The van der Waals surface area contributed by atoms with E-state index < -0.39 is 5.18 Å². The lowest BCUT2D eigenvalue weighted by atomic mass is 11.1. The monoisotopic (exact) mass is 106 g/mol. The lowest BCUT2D eigenvalue weighted by molar-refractivity contribution is 0.102. The van der Waals surface area contributed by atoms with Gasteiger partial charge in [0.05, 0.1) is 0 Å². The fourth-order valence-electron chi connectivity index (χ4n) is 0.134. The topological polar surface area (TPSA) is 57.2 Å². The van der Waals surface area contributed by atoms with Gasteiger partial charge in [0.1, 0.15) is 0 Å². The van der Waals surface area contributed by atoms with Gasteiger partial charge in [-0.25, -0.2) is 4.72 Å². The van der Waals surface area contributed by atoms with Crippen molar-refractivity contribution in [2.75, 3.05) is 7.11 Å². The first kappa shape index (κ1) is 4.39. The minimum absolute atomic E-state index is 0.542. The Morgan fingerprint density at radius 3 is 2.50 bits per heavy atom. The Hall–Kier alpha value is 0.230. The van der Waals surface area contributed by atoms with Gasteiger partial charge in [0.25, 0.3) is 0 Å². The second kappa shape index (κ2) is 1.10. The lowest BCUT2D eigenvalue weighted by Crippen LogP contribution is -2.27. The summed E-state index contributed by atoms with van der Waals surface area (Å²) >= 11 is 1.38. The SMILES string of the molecule is COC1(N)NS1. The van der Waals surface area contributed by atoms with Crippen molar-refractivity contribution in [3.05, 3.63) is 0 Å². The average Bonchev–Trinajstić information content (AvgIpc) is 2.22. The first-order chi connectivity index (χ1) is 2.77. The molecular formula is C2H6N2OS. The summed E-state index contributed by atoms with van der Waals surface area (Å²) in [6, 6.07) is 0. The summed E-state index contributed by atoms with van der Waals surface area (Å²) in [6.07, 6.45) is 0. The van der Waals surface area contributed by atoms with E-state index in [0.29, 0.717) is 0 Å². The van der Waals surface area contributed by atoms with Crippen molar-refractivity contribution in [3.63, 3.8) is 0 Å². The number of hydrogen-bond acceptors (Lipinski definition) is 4. The van der Waals surface area contributed by atoms with Crippen LogP contribution in [-0.2, 0) is 4.74 Å². The van der Waals surface area contributed by atoms with Crippen LogP contribution in [-0.4, -0.2) is 12.3 Å². The molecule has 0 bridgehead atoms. The molecule has 0 aliphatic carbocycles. The molecule has 36 valence electrons. The molecule has 0 aromatic rings. The third-order valence-corrected chi connectivity index (χ3v) is 1.38. The number of nitrogens with one attached hydrogen (secondary N) is 1. The van der Waals surface area contributed by atoms with Crippen LogP contribution in [0.1, 0.15) is 0 Å². The first-order valence-corrected chi connectivity index (χ1v) is 2.38. The van der Waals surface area contributed by atoms with Crippen molar-refractivity contribution in [3.8, 4) is 0 Å². The summed E-state index contributed by atoms with van der Waals surface area (Å²) in [7, 11) is 1.56. The third kappa shape index (κ3) is 0.652. The maximum atomic E-state index is 5.28. The molecule has 0 amide bonds. The minimum Gasteiger partial charge on any atom is -0.341 e. The molecule has 1 heterocycles. The highest BCUT2D eigenvalue weighted by Gasteiger charge is 2.39. The van der Waals surface area contributed by atoms with Crippen LogP contribution in [0.3, 0.4) is 0 Å². The molecule has 1 saturated heterocycles. The van der Waals surface area contributed by atoms with Gasteiger partial charge in [0.15, 0.2) is 0 Å². The van der Waals surface area contributed by atoms with E-state index in [2.05, 4.69) is 9.46 Å². The molecule has 1 aliphatic rings. The fourth-order valence-corrected chi connectivity index (χ4v) is 0.401. The van der Waals surface area contributed by atoms with Crippen molar-refractivity contribution < 1.29 is 4.74 Å². The molecule has 0 aromatic heterocycles. The molecular weight excluding hydrogens is 100 g/mol. The summed E-state index contributed by atoms with van der Waals surface area (Å²) in [5, 5.41) is -0.542. The Bertz CT molecular complexity index is 62.6. The molecule has 0 radical (unpaired) electrons. The van der Waals surface area contributed by atoms with E-state index in [-0.39, 0.29) is 0 Å². The summed E-state index contributed by atoms with van der Waals surface area (Å²) in [4.78, 5) is 0. The molecule has 1 aliphatic heterocycles. The molecule has 6 heavy (non-hydrogen) atoms. The number of methoxy groups -OCH3 is 1. The van der Waals surface area contributed by atoms with Gasteiger partial charge in [-0.3, -0.25) is 5.73 Å². The Morgan fingerprint density at radius 2 is 2.50 bits per heavy atom. The second-order valence-corrected chi connectivity index (χ2v) is 2.09. The van der Waals surface area contributed by atoms with E-state index in [1.165, 1.54) is 11.9 Å². The zero-order valence-electron chi connectivity index (χ0n) is 3.39. The van der Waals surface area contributed by atoms with Gasteiger partial charge < -0.3 is 4.74 Å². The van der Waals surface area contributed by atoms with Gasteiger partial charge in [-0.15, -0.1) is 0 Å². The maximum absolute atomic E-state index is 5.28. The highest BCUT2D eigenvalue weighted by Crippen LogP contribution is 2.30. The van der Waals surface area contributed by atoms with Crippen molar-refractivity contribution >= 4 is 11.9 Å². The van der Waals surface area contributed by atoms with E-state index in [9.17, 15) is 0 Å². The molecule has 3 N–H and O–H groups in total. The van der Waals surface area contributed by atoms with Gasteiger partial charge in [-0.1, -0.05) is 0 Å². The molecule has 0 saturated carbocycles. The van der Waals surface area contributed by atoms with Gasteiger partial charge in [-0.05, 0) is 11.9 Å². The van der Waals surface area contributed by atoms with Crippen molar-refractivity contribution in [2.45, 2.75) is 5.18 Å². The first-order valence-electron chi connectivity index (χ1n) is 1.56. The summed E-state index contributed by atoms with van der Waals surface area (Å²) < 4.78 is 7.41. The van der Waals surface area contributed by atoms with E-state index in [0.717, 1.165) is 0 Å². The van der Waals surface area contributed by atoms with Crippen molar-refractivity contribution in [2.24, 2.45) is 5.73 Å². The Labute approximate surface area is 40.4 Å². The van der Waals surface area contributed by atoms with Gasteiger partial charge in [0.2, 0.25) is 5.18 Å². The van der Waals surface area contributed by atoms with Crippen LogP contribution in [0.2, 0.25) is 0 Å². The van der Waals surface area contributed by atoms with Crippen LogP contribution in [0, 0.1) is 0 Å². The molecule has 1 fully saturated rings. The minimum atomic E-state index is -0.542. The third-order valence-electron chi connectivity index (χ3n) is 0.606. The van der Waals surface area contributed by atoms with Crippen molar-refractivity contribution in [1.82, 2.24) is 4.72 Å². The van der Waals surface area contributed by atoms with Crippen molar-refractivity contribution in [1.29, 1.82) is 0 Å². The average molecular weight is 106 g/mol. The van der Waals surface area contributed by atoms with E-state index in [1.807, 2.05) is 0 Å². The molecule has 4 heteroatoms. The summed E-state index contributed by atoms with van der Waals surface area (Å²) in [5.74, 6) is 0. The normalized spacial score (nSPS) is 43.0. The predicted molar refractivity (Wildman–Crippen MR) is 24.7 cm³/mol. The Kier molecular flexibility index (Phi) is 0.804. The smallest absolute Gasteiger partial charge is 0.246 e. The summed E-state index contributed by atoms with van der Waals surface area (Å²) in [6.45, 7) is 0. The number of hydrogen-bond donors (Lipinski definition) is 2. The van der Waals surface area contributed by atoms with Crippen LogP contribution in [0.15, 0.2) is 0 Å². The quantitative estimate of drug-likeness (QED) is 0.267. The lowest BCUT2D eigenvalue weighted by Gasteiger charge is -1.95. The van der Waals surface area contributed by atoms with Gasteiger partial charge in [0, 0.05) is 7.11 Å². The molecule has 1 unspecified atom stereocenters. The molecule has 0 spiro atoms. The Balaban J connectivity index is 2.28. The standard InChI is InChI=1S/C2H6N2OS/c1-5-2(3)4-6-2/h4H,3H2,1H3. The van der Waals surface area contributed by atoms with E-state index >= 15 is 0 Å². The summed E-state index contributed by atoms with van der Waals surface area (Å²) in [5.41, 5.74) is 5.28. The zero-order valence-corrected chi connectivity index (χ0v) is 4.21. The molecule has 1 rings (SSSR count). The predicted octanol–water partition coefficient (Wildman–Crippen LogP) is -0.546. The van der Waals surface area contributed by atoms with E-state index in [1.54, 1.807) is 7.11 Å². The van der Waals surface area contributed by atoms with Gasteiger partial charge in [-0.2, -0.15) is 0 Å². The van der Waals surface area contributed by atoms with Crippen LogP contribution in [0.5, 0.6) is 0 Å². The number of ether oxygens (including phenoxy) is 1. The van der Waals surface area contributed by atoms with E-state index in [4.69, 9.17) is 5.73 Å². The molecule has 1 atom stereocenters. The number of rotatable bonds is 1. The molecule has 0 aromatic carbocycles. The highest BCUT2D eigenvalue weighted by molar-refractivity contribution is 8.05. The Morgan fingerprint density at radius 1 is 2.00 bits per heavy atom. The number of nitrogens with two attached hydrogens (primary N) is 1. The van der Waals surface area contributed by atoms with Crippen LogP contribution in [0.25, 0.3) is 0 Å². The van der Waals surface area contributed by atoms with Crippen LogP contribution >= 0.6 is 11.9 Å². The highest BCUT2D eigenvalue weighted by atomic mass is 32.2. The van der Waals surface area contributed by atoms with Gasteiger partial charge >= 0.3 is 0 Å². The fraction of sp³-hybridized carbons (Fsp3) is 1.00. The maximum Gasteiger partial charge on any atom is 0.246 e. The van der Waals surface area contributed by atoms with Crippen LogP contribution < -0.4 is 10.5 Å². The second-order valence-electron chi connectivity index (χ2n) is 1.08. The largest absolute Gasteiger partial charge is 0.341 e.